The van der Waals surface area contributed by atoms with Crippen LogP contribution >= 0.6 is 11.3 Å². The van der Waals surface area contributed by atoms with E-state index < -0.39 is 36.8 Å². The molecule has 3 aromatic rings. The number of carbonyl (C=O) groups is 1. The highest BCUT2D eigenvalue weighted by Gasteiger charge is 2.36. The van der Waals surface area contributed by atoms with Gasteiger partial charge in [0.25, 0.3) is 0 Å². The number of nitrogens with one attached hydrogen (secondary N) is 1. The van der Waals surface area contributed by atoms with Crippen molar-refractivity contribution in [3.05, 3.63) is 53.0 Å². The molecule has 1 atom stereocenters. The molecule has 0 radical (unpaired) electrons. The number of sulfonamides is 1. The average molecular weight is 526 g/mol. The predicted octanol–water partition coefficient (Wildman–Crippen LogP) is 1.77. The number of thiazole rings is 1. The third-order valence-corrected chi connectivity index (χ3v) is 9.23. The van der Waals surface area contributed by atoms with Gasteiger partial charge in [-0.2, -0.15) is 0 Å². The molecule has 1 heterocycles. The summed E-state index contributed by atoms with van der Waals surface area (Å²) in [6, 6.07) is 13.3. The number of amides is 1. The van der Waals surface area contributed by atoms with Crippen molar-refractivity contribution in [3.8, 4) is 11.1 Å². The number of rotatable bonds is 11. The van der Waals surface area contributed by atoms with E-state index in [2.05, 4.69) is 10.3 Å². The van der Waals surface area contributed by atoms with Crippen LogP contribution in [0.3, 0.4) is 0 Å². The number of sulfone groups is 1. The molecule has 2 aromatic carbocycles. The van der Waals surface area contributed by atoms with Crippen molar-refractivity contribution in [3.63, 3.8) is 0 Å². The third-order valence-electron chi connectivity index (χ3n) is 5.09. The topological polar surface area (TPSA) is 157 Å². The minimum atomic E-state index is -3.88. The molecule has 1 unspecified atom stereocenters. The average Bonchev–Trinajstić information content (AvgIpc) is 3.15. The fraction of sp³-hybridized carbons (Fsp3) is 0.364. The number of hydrogen-bond acceptors (Lipinski definition) is 8. The van der Waals surface area contributed by atoms with E-state index in [1.54, 1.807) is 13.0 Å². The number of nitrogens with zero attached hydrogens (tertiary/aromatic N) is 1. The Labute approximate surface area is 203 Å². The van der Waals surface area contributed by atoms with E-state index in [-0.39, 0.29) is 23.9 Å². The minimum absolute atomic E-state index is 0.0761. The van der Waals surface area contributed by atoms with E-state index in [4.69, 9.17) is 10.2 Å². The molecule has 0 bridgehead atoms. The number of aliphatic hydroxyl groups is 1. The Balaban J connectivity index is 1.94. The molecule has 0 saturated heterocycles. The number of aliphatic hydroxyl groups excluding tert-OH is 1. The van der Waals surface area contributed by atoms with Gasteiger partial charge in [-0.3, -0.25) is 4.79 Å². The summed E-state index contributed by atoms with van der Waals surface area (Å²) in [4.78, 5) is 17.2. The number of hydrogen-bond donors (Lipinski definition) is 3. The number of benzene rings is 2. The van der Waals surface area contributed by atoms with Gasteiger partial charge in [0.2, 0.25) is 15.9 Å². The predicted molar refractivity (Wildman–Crippen MR) is 134 cm³/mol. The Morgan fingerprint density at radius 1 is 1.09 bits per heavy atom. The fourth-order valence-electron chi connectivity index (χ4n) is 3.47. The normalized spacial score (nSPS) is 13.1. The number of nitrogens with two attached hydrogens (primary N) is 1. The Bertz CT molecular complexity index is 1370. The Hall–Kier alpha value is -2.38. The van der Waals surface area contributed by atoms with Crippen LogP contribution in [0.4, 0.5) is 0 Å². The Morgan fingerprint density at radius 3 is 2.38 bits per heavy atom. The molecular formula is C22H27N3O6S3. The van der Waals surface area contributed by atoms with E-state index in [0.717, 1.165) is 32.7 Å². The molecule has 4 N–H and O–H groups in total. The molecule has 34 heavy (non-hydrogen) atoms. The van der Waals surface area contributed by atoms with Crippen molar-refractivity contribution in [1.29, 1.82) is 0 Å². The van der Waals surface area contributed by atoms with Gasteiger partial charge in [-0.15, -0.1) is 11.3 Å². The first-order chi connectivity index (χ1) is 16.0. The first-order valence-electron chi connectivity index (χ1n) is 10.6. The molecule has 9 nitrogen and oxygen atoms in total. The molecule has 3 rings (SSSR count). The van der Waals surface area contributed by atoms with E-state index in [1.807, 2.05) is 36.4 Å². The monoisotopic (exact) mass is 525 g/mol. The van der Waals surface area contributed by atoms with Gasteiger partial charge < -0.3 is 10.4 Å². The van der Waals surface area contributed by atoms with Gasteiger partial charge in [0.05, 0.1) is 21.7 Å². The van der Waals surface area contributed by atoms with Crippen LogP contribution in [0.25, 0.3) is 21.3 Å². The molecule has 0 aliphatic rings. The second-order valence-electron chi connectivity index (χ2n) is 7.81. The largest absolute Gasteiger partial charge is 0.396 e. The van der Waals surface area contributed by atoms with Crippen molar-refractivity contribution in [2.75, 3.05) is 24.7 Å². The maximum atomic E-state index is 12.9. The zero-order valence-corrected chi connectivity index (χ0v) is 21.0. The summed E-state index contributed by atoms with van der Waals surface area (Å²) in [5.74, 6) is -1.53. The summed E-state index contributed by atoms with van der Waals surface area (Å²) in [6.45, 7) is 1.48. The molecule has 0 fully saturated rings. The first kappa shape index (κ1) is 26.2. The summed E-state index contributed by atoms with van der Waals surface area (Å²) in [5, 5.41) is 15.0. The van der Waals surface area contributed by atoms with Gasteiger partial charge in [-0.1, -0.05) is 37.3 Å². The second-order valence-corrected chi connectivity index (χ2v) is 12.8. The molecule has 1 amide bonds. The van der Waals surface area contributed by atoms with Crippen LogP contribution in [0.5, 0.6) is 0 Å². The van der Waals surface area contributed by atoms with Crippen molar-refractivity contribution in [2.24, 2.45) is 5.14 Å². The summed E-state index contributed by atoms with van der Waals surface area (Å²) in [7, 11) is -7.68. The first-order valence-corrected chi connectivity index (χ1v) is 14.9. The van der Waals surface area contributed by atoms with Crippen molar-refractivity contribution >= 4 is 47.3 Å². The van der Waals surface area contributed by atoms with Gasteiger partial charge in [0, 0.05) is 13.2 Å². The van der Waals surface area contributed by atoms with Crippen LogP contribution in [0.15, 0.2) is 42.5 Å². The summed E-state index contributed by atoms with van der Waals surface area (Å²) >= 11 is 1.12. The van der Waals surface area contributed by atoms with Gasteiger partial charge in [0.1, 0.15) is 5.01 Å². The molecule has 1 aromatic heterocycles. The van der Waals surface area contributed by atoms with Crippen LogP contribution < -0.4 is 10.5 Å². The maximum Gasteiger partial charge on any atom is 0.245 e. The molecule has 0 aliphatic carbocycles. The van der Waals surface area contributed by atoms with E-state index in [1.165, 1.54) is 0 Å². The van der Waals surface area contributed by atoms with E-state index in [0.29, 0.717) is 18.4 Å². The second kappa shape index (κ2) is 10.9. The van der Waals surface area contributed by atoms with Crippen LogP contribution in [0, 0.1) is 0 Å². The SMILES string of the molecule is CCCS(=O)(=O)C(C(=O)NCCS(N)(=O)=O)c1nc2ccc(-c3ccc(CCO)cc3)cc2s1. The molecular weight excluding hydrogens is 498 g/mol. The lowest BCUT2D eigenvalue weighted by Crippen LogP contribution is -2.38. The maximum absolute atomic E-state index is 12.9. The van der Waals surface area contributed by atoms with Crippen LogP contribution in [0.2, 0.25) is 0 Å². The Morgan fingerprint density at radius 2 is 1.76 bits per heavy atom. The molecule has 184 valence electrons. The highest BCUT2D eigenvalue weighted by Crippen LogP contribution is 2.34. The number of primary sulfonamides is 1. The van der Waals surface area contributed by atoms with Crippen LogP contribution in [0.1, 0.15) is 29.2 Å². The summed E-state index contributed by atoms with van der Waals surface area (Å²) in [6.07, 6.45) is 0.898. The summed E-state index contributed by atoms with van der Waals surface area (Å²) in [5.41, 5.74) is 3.44. The van der Waals surface area contributed by atoms with Crippen molar-refractivity contribution in [2.45, 2.75) is 25.0 Å². The quantitative estimate of drug-likeness (QED) is 0.344. The highest BCUT2D eigenvalue weighted by molar-refractivity contribution is 7.92. The highest BCUT2D eigenvalue weighted by atomic mass is 32.2. The minimum Gasteiger partial charge on any atom is -0.396 e. The zero-order valence-electron chi connectivity index (χ0n) is 18.6. The lowest BCUT2D eigenvalue weighted by Gasteiger charge is -2.15. The van der Waals surface area contributed by atoms with Crippen molar-refractivity contribution in [1.82, 2.24) is 10.3 Å². The molecule has 0 aliphatic heterocycles. The van der Waals surface area contributed by atoms with Gasteiger partial charge in [-0.25, -0.2) is 27.0 Å². The lowest BCUT2D eigenvalue weighted by atomic mass is 10.0. The van der Waals surface area contributed by atoms with Crippen LogP contribution in [-0.2, 0) is 31.1 Å². The third kappa shape index (κ3) is 6.60. The van der Waals surface area contributed by atoms with Gasteiger partial charge >= 0.3 is 0 Å². The van der Waals surface area contributed by atoms with Gasteiger partial charge in [-0.05, 0) is 41.7 Å². The van der Waals surface area contributed by atoms with E-state index >= 15 is 0 Å². The number of carbonyl (C=O) groups excluding carboxylic acids is 1. The fourth-order valence-corrected chi connectivity index (χ4v) is 7.00. The van der Waals surface area contributed by atoms with Crippen LogP contribution in [-0.4, -0.2) is 57.5 Å². The van der Waals surface area contributed by atoms with Crippen molar-refractivity contribution < 1.29 is 26.7 Å². The lowest BCUT2D eigenvalue weighted by molar-refractivity contribution is -0.120. The standard InChI is InChI=1S/C22H27N3O6S3/c1-2-12-33(28,29)20(21(27)24-10-13-34(23,30)31)22-25-18-8-7-17(14-19(18)32-22)16-5-3-15(4-6-16)9-11-26/h3-8,14,20,26H,2,9-13H2,1H3,(H,24,27)(H2,23,30,31). The smallest absolute Gasteiger partial charge is 0.245 e. The molecule has 0 spiro atoms. The summed E-state index contributed by atoms with van der Waals surface area (Å²) < 4.78 is 48.9. The number of fused-ring (bicyclic) bond motifs is 1. The molecule has 12 heteroatoms. The van der Waals surface area contributed by atoms with E-state index in [9.17, 15) is 21.6 Å². The Kier molecular flexibility index (Phi) is 8.42. The van der Waals surface area contributed by atoms with Gasteiger partial charge in [0.15, 0.2) is 15.1 Å². The molecule has 0 saturated carbocycles. The zero-order chi connectivity index (χ0) is 24.9. The number of aromatic nitrogens is 1.